The van der Waals surface area contributed by atoms with Crippen molar-refractivity contribution in [3.63, 3.8) is 0 Å². The Balaban J connectivity index is 1.80. The van der Waals surface area contributed by atoms with Crippen LogP contribution >= 0.6 is 0 Å². The average molecular weight is 272 g/mol. The first-order valence-corrected chi connectivity index (χ1v) is 6.58. The number of hydrogen-bond acceptors (Lipinski definition) is 5. The van der Waals surface area contributed by atoms with E-state index in [4.69, 9.17) is 14.2 Å². The van der Waals surface area contributed by atoms with Crippen molar-refractivity contribution in [2.45, 2.75) is 13.5 Å². The maximum atomic E-state index is 5.89. The standard InChI is InChI=1S/C15H16N2O3/c1-2-16-8-11-5-6-17-9-15(11)20-12-3-4-13-14(7-12)19-10-18-13/h3-7,9,16H,2,8,10H2,1H3. The van der Waals surface area contributed by atoms with Crippen LogP contribution < -0.4 is 19.5 Å². The minimum atomic E-state index is 0.261. The van der Waals surface area contributed by atoms with Gasteiger partial charge in [-0.05, 0) is 24.7 Å². The number of hydrogen-bond donors (Lipinski definition) is 1. The summed E-state index contributed by atoms with van der Waals surface area (Å²) in [5.74, 6) is 2.91. The number of ether oxygens (including phenoxy) is 3. The molecule has 20 heavy (non-hydrogen) atoms. The van der Waals surface area contributed by atoms with Crippen LogP contribution in [0.2, 0.25) is 0 Å². The maximum absolute atomic E-state index is 5.89. The van der Waals surface area contributed by atoms with Crippen LogP contribution in [0.25, 0.3) is 0 Å². The molecule has 3 rings (SSSR count). The molecular formula is C15H16N2O3. The molecule has 1 N–H and O–H groups in total. The zero-order valence-corrected chi connectivity index (χ0v) is 11.3. The molecular weight excluding hydrogens is 256 g/mol. The Morgan fingerprint density at radius 3 is 3.05 bits per heavy atom. The van der Waals surface area contributed by atoms with Gasteiger partial charge in [0, 0.05) is 24.4 Å². The number of aromatic nitrogens is 1. The fraction of sp³-hybridized carbons (Fsp3) is 0.267. The zero-order chi connectivity index (χ0) is 13.8. The van der Waals surface area contributed by atoms with Crippen molar-refractivity contribution in [3.05, 3.63) is 42.2 Å². The lowest BCUT2D eigenvalue weighted by atomic mass is 10.2. The molecule has 2 aromatic rings. The van der Waals surface area contributed by atoms with Gasteiger partial charge in [0.25, 0.3) is 0 Å². The van der Waals surface area contributed by atoms with Crippen molar-refractivity contribution in [2.75, 3.05) is 13.3 Å². The minimum absolute atomic E-state index is 0.261. The van der Waals surface area contributed by atoms with Gasteiger partial charge in [-0.3, -0.25) is 4.98 Å². The van der Waals surface area contributed by atoms with Crippen LogP contribution in [0.15, 0.2) is 36.7 Å². The molecule has 5 nitrogen and oxygen atoms in total. The molecule has 0 radical (unpaired) electrons. The molecule has 1 aromatic heterocycles. The molecule has 0 saturated heterocycles. The number of nitrogens with zero attached hydrogens (tertiary/aromatic N) is 1. The summed E-state index contributed by atoms with van der Waals surface area (Å²) in [6.07, 6.45) is 3.48. The van der Waals surface area contributed by atoms with Gasteiger partial charge in [-0.1, -0.05) is 6.92 Å². The van der Waals surface area contributed by atoms with Crippen molar-refractivity contribution >= 4 is 0 Å². The Bertz CT molecular complexity index is 601. The summed E-state index contributed by atoms with van der Waals surface area (Å²) in [7, 11) is 0. The van der Waals surface area contributed by atoms with Crippen LogP contribution in [0.4, 0.5) is 0 Å². The highest BCUT2D eigenvalue weighted by Gasteiger charge is 2.14. The van der Waals surface area contributed by atoms with Crippen molar-refractivity contribution in [1.29, 1.82) is 0 Å². The fourth-order valence-corrected chi connectivity index (χ4v) is 1.97. The lowest BCUT2D eigenvalue weighted by Gasteiger charge is -2.11. The van der Waals surface area contributed by atoms with Crippen LogP contribution in [0.5, 0.6) is 23.0 Å². The summed E-state index contributed by atoms with van der Waals surface area (Å²) in [6.45, 7) is 3.99. The molecule has 1 aromatic carbocycles. The highest BCUT2D eigenvalue weighted by Crippen LogP contribution is 2.36. The van der Waals surface area contributed by atoms with Crippen molar-refractivity contribution in [3.8, 4) is 23.0 Å². The second-order valence-electron chi connectivity index (χ2n) is 4.38. The van der Waals surface area contributed by atoms with Gasteiger partial charge in [0.1, 0.15) is 11.5 Å². The SMILES string of the molecule is CCNCc1ccncc1Oc1ccc2c(c1)OCO2. The van der Waals surface area contributed by atoms with E-state index in [1.807, 2.05) is 24.3 Å². The monoisotopic (exact) mass is 272 g/mol. The number of fused-ring (bicyclic) bond motifs is 1. The van der Waals surface area contributed by atoms with Gasteiger partial charge in [0.15, 0.2) is 11.5 Å². The highest BCUT2D eigenvalue weighted by molar-refractivity contribution is 5.48. The van der Waals surface area contributed by atoms with Gasteiger partial charge < -0.3 is 19.5 Å². The number of benzene rings is 1. The number of pyridine rings is 1. The summed E-state index contributed by atoms with van der Waals surface area (Å²) in [6, 6.07) is 7.48. The van der Waals surface area contributed by atoms with E-state index in [1.165, 1.54) is 0 Å². The molecule has 0 bridgehead atoms. The highest BCUT2D eigenvalue weighted by atomic mass is 16.7. The van der Waals surface area contributed by atoms with Gasteiger partial charge in [-0.25, -0.2) is 0 Å². The van der Waals surface area contributed by atoms with Gasteiger partial charge in [-0.15, -0.1) is 0 Å². The lowest BCUT2D eigenvalue weighted by Crippen LogP contribution is -2.12. The normalized spacial score (nSPS) is 12.4. The van der Waals surface area contributed by atoms with E-state index >= 15 is 0 Å². The first kappa shape index (κ1) is 12.7. The average Bonchev–Trinajstić information content (AvgIpc) is 2.94. The van der Waals surface area contributed by atoms with Gasteiger partial charge >= 0.3 is 0 Å². The van der Waals surface area contributed by atoms with E-state index in [0.29, 0.717) is 11.5 Å². The Morgan fingerprint density at radius 2 is 2.15 bits per heavy atom. The third-order valence-corrected chi connectivity index (χ3v) is 3.01. The van der Waals surface area contributed by atoms with E-state index in [2.05, 4.69) is 17.2 Å². The summed E-state index contributed by atoms with van der Waals surface area (Å²) in [5.41, 5.74) is 1.07. The molecule has 0 spiro atoms. The second kappa shape index (κ2) is 5.79. The third kappa shape index (κ3) is 2.67. The maximum Gasteiger partial charge on any atom is 0.231 e. The molecule has 0 amide bonds. The molecule has 0 unspecified atom stereocenters. The first-order chi connectivity index (χ1) is 9.86. The second-order valence-corrected chi connectivity index (χ2v) is 4.38. The first-order valence-electron chi connectivity index (χ1n) is 6.58. The van der Waals surface area contributed by atoms with Crippen molar-refractivity contribution < 1.29 is 14.2 Å². The molecule has 0 aliphatic carbocycles. The van der Waals surface area contributed by atoms with E-state index in [0.717, 1.165) is 30.2 Å². The van der Waals surface area contributed by atoms with E-state index in [9.17, 15) is 0 Å². The van der Waals surface area contributed by atoms with Gasteiger partial charge in [0.2, 0.25) is 6.79 Å². The molecule has 0 saturated carbocycles. The number of rotatable bonds is 5. The number of nitrogens with one attached hydrogen (secondary N) is 1. The van der Waals surface area contributed by atoms with E-state index in [-0.39, 0.29) is 6.79 Å². The van der Waals surface area contributed by atoms with Crippen LogP contribution in [0, 0.1) is 0 Å². The Kier molecular flexibility index (Phi) is 3.69. The third-order valence-electron chi connectivity index (χ3n) is 3.01. The summed E-state index contributed by atoms with van der Waals surface area (Å²) in [5, 5.41) is 3.28. The van der Waals surface area contributed by atoms with Crippen LogP contribution in [0.1, 0.15) is 12.5 Å². The lowest BCUT2D eigenvalue weighted by molar-refractivity contribution is 0.174. The van der Waals surface area contributed by atoms with Crippen molar-refractivity contribution in [2.24, 2.45) is 0 Å². The van der Waals surface area contributed by atoms with Crippen LogP contribution in [-0.4, -0.2) is 18.3 Å². The molecule has 0 atom stereocenters. The Labute approximate surface area is 117 Å². The van der Waals surface area contributed by atoms with Gasteiger partial charge in [-0.2, -0.15) is 0 Å². The predicted molar refractivity (Wildman–Crippen MR) is 74.3 cm³/mol. The molecule has 104 valence electrons. The molecule has 1 aliphatic heterocycles. The molecule has 2 heterocycles. The largest absolute Gasteiger partial charge is 0.455 e. The molecule has 0 fully saturated rings. The Morgan fingerprint density at radius 1 is 1.25 bits per heavy atom. The molecule has 5 heteroatoms. The molecule has 1 aliphatic rings. The van der Waals surface area contributed by atoms with Crippen molar-refractivity contribution in [1.82, 2.24) is 10.3 Å². The van der Waals surface area contributed by atoms with E-state index in [1.54, 1.807) is 12.4 Å². The summed E-state index contributed by atoms with van der Waals surface area (Å²) in [4.78, 5) is 4.11. The quantitative estimate of drug-likeness (QED) is 0.907. The fourth-order valence-electron chi connectivity index (χ4n) is 1.97. The smallest absolute Gasteiger partial charge is 0.231 e. The minimum Gasteiger partial charge on any atom is -0.455 e. The predicted octanol–water partition coefficient (Wildman–Crippen LogP) is 2.71. The summed E-state index contributed by atoms with van der Waals surface area (Å²) < 4.78 is 16.5. The zero-order valence-electron chi connectivity index (χ0n) is 11.3. The van der Waals surface area contributed by atoms with Gasteiger partial charge in [0.05, 0.1) is 6.20 Å². The Hall–Kier alpha value is -2.27. The topological polar surface area (TPSA) is 52.6 Å². The van der Waals surface area contributed by atoms with E-state index < -0.39 is 0 Å². The van der Waals surface area contributed by atoms with Crippen LogP contribution in [0.3, 0.4) is 0 Å². The summed E-state index contributed by atoms with van der Waals surface area (Å²) >= 11 is 0. The van der Waals surface area contributed by atoms with Crippen LogP contribution in [-0.2, 0) is 6.54 Å².